The molecule has 0 saturated heterocycles. The number of ether oxygens (including phenoxy) is 3. The van der Waals surface area contributed by atoms with E-state index < -0.39 is 0 Å². The summed E-state index contributed by atoms with van der Waals surface area (Å²) < 4.78 is 16.0. The van der Waals surface area contributed by atoms with Gasteiger partial charge in [-0.15, -0.1) is 0 Å². The van der Waals surface area contributed by atoms with Crippen molar-refractivity contribution in [1.82, 2.24) is 5.32 Å². The lowest BCUT2D eigenvalue weighted by molar-refractivity contribution is 0.172. The predicted molar refractivity (Wildman–Crippen MR) is 97.3 cm³/mol. The summed E-state index contributed by atoms with van der Waals surface area (Å²) in [7, 11) is 3.26. The Labute approximate surface area is 148 Å². The highest BCUT2D eigenvalue weighted by Crippen LogP contribution is 2.24. The summed E-state index contributed by atoms with van der Waals surface area (Å²) in [4.78, 5) is 12.2. The Bertz CT molecular complexity index is 676. The SMILES string of the molecule is COCCCOc1ccccc1NC(=O)NCc1ccccc1OC. The number of methoxy groups -OCH3 is 2. The molecule has 0 heterocycles. The lowest BCUT2D eigenvalue weighted by Crippen LogP contribution is -2.28. The molecule has 134 valence electrons. The second kappa shape index (κ2) is 10.2. The molecule has 2 amide bonds. The molecule has 0 unspecified atom stereocenters. The second-order valence-electron chi connectivity index (χ2n) is 5.31. The van der Waals surface area contributed by atoms with E-state index in [4.69, 9.17) is 14.2 Å². The number of benzene rings is 2. The zero-order chi connectivity index (χ0) is 17.9. The summed E-state index contributed by atoms with van der Waals surface area (Å²) in [6.07, 6.45) is 0.783. The smallest absolute Gasteiger partial charge is 0.319 e. The van der Waals surface area contributed by atoms with E-state index in [9.17, 15) is 4.79 Å². The standard InChI is InChI=1S/C19H24N2O4/c1-23-12-7-13-25-18-11-6-4-9-16(18)21-19(22)20-14-15-8-3-5-10-17(15)24-2/h3-6,8-11H,7,12-14H2,1-2H3,(H2,20,21,22). The maximum atomic E-state index is 12.2. The largest absolute Gasteiger partial charge is 0.496 e. The normalized spacial score (nSPS) is 10.2. The van der Waals surface area contributed by atoms with Crippen molar-refractivity contribution < 1.29 is 19.0 Å². The third-order valence-corrected chi connectivity index (χ3v) is 3.52. The van der Waals surface area contributed by atoms with Gasteiger partial charge in [0.25, 0.3) is 0 Å². The van der Waals surface area contributed by atoms with Crippen LogP contribution in [0.25, 0.3) is 0 Å². The third-order valence-electron chi connectivity index (χ3n) is 3.52. The Morgan fingerprint density at radius 2 is 1.68 bits per heavy atom. The van der Waals surface area contributed by atoms with Gasteiger partial charge in [-0.1, -0.05) is 30.3 Å². The number of rotatable bonds is 9. The van der Waals surface area contributed by atoms with E-state index in [2.05, 4.69) is 10.6 Å². The van der Waals surface area contributed by atoms with Gasteiger partial charge in [-0.05, 0) is 18.2 Å². The van der Waals surface area contributed by atoms with Gasteiger partial charge in [-0.25, -0.2) is 4.79 Å². The first-order valence-electron chi connectivity index (χ1n) is 8.12. The zero-order valence-electron chi connectivity index (χ0n) is 14.6. The topological polar surface area (TPSA) is 68.8 Å². The van der Waals surface area contributed by atoms with E-state index in [-0.39, 0.29) is 6.03 Å². The van der Waals surface area contributed by atoms with Crippen LogP contribution in [0.4, 0.5) is 10.5 Å². The van der Waals surface area contributed by atoms with Gasteiger partial charge in [0, 0.05) is 32.2 Å². The minimum absolute atomic E-state index is 0.307. The van der Waals surface area contributed by atoms with E-state index in [0.29, 0.717) is 31.2 Å². The summed E-state index contributed by atoms with van der Waals surface area (Å²) in [6.45, 7) is 1.52. The molecule has 6 heteroatoms. The molecule has 0 fully saturated rings. The van der Waals surface area contributed by atoms with Crippen LogP contribution in [0, 0.1) is 0 Å². The first kappa shape index (κ1) is 18.6. The van der Waals surface area contributed by atoms with Crippen molar-refractivity contribution in [1.29, 1.82) is 0 Å². The Hall–Kier alpha value is -2.73. The Morgan fingerprint density at radius 3 is 2.44 bits per heavy atom. The fourth-order valence-electron chi connectivity index (χ4n) is 2.27. The molecule has 2 rings (SSSR count). The molecular formula is C19H24N2O4. The molecule has 0 aliphatic carbocycles. The maximum Gasteiger partial charge on any atom is 0.319 e. The van der Waals surface area contributed by atoms with E-state index in [1.54, 1.807) is 20.3 Å². The van der Waals surface area contributed by atoms with Crippen LogP contribution in [-0.4, -0.2) is 33.5 Å². The van der Waals surface area contributed by atoms with Crippen LogP contribution >= 0.6 is 0 Å². The lowest BCUT2D eigenvalue weighted by atomic mass is 10.2. The highest BCUT2D eigenvalue weighted by atomic mass is 16.5. The summed E-state index contributed by atoms with van der Waals surface area (Å²) in [5.41, 5.74) is 1.53. The predicted octanol–water partition coefficient (Wildman–Crippen LogP) is 3.43. The molecule has 25 heavy (non-hydrogen) atoms. The molecule has 0 aromatic heterocycles. The third kappa shape index (κ3) is 6.00. The van der Waals surface area contributed by atoms with Crippen molar-refractivity contribution in [2.75, 3.05) is 32.8 Å². The summed E-state index contributed by atoms with van der Waals surface area (Å²) in [5, 5.41) is 5.63. The number of urea groups is 1. The molecule has 6 nitrogen and oxygen atoms in total. The van der Waals surface area contributed by atoms with Crippen molar-refractivity contribution in [2.45, 2.75) is 13.0 Å². The van der Waals surface area contributed by atoms with Gasteiger partial charge >= 0.3 is 6.03 Å². The van der Waals surface area contributed by atoms with Gasteiger partial charge < -0.3 is 24.8 Å². The lowest BCUT2D eigenvalue weighted by Gasteiger charge is -2.14. The van der Waals surface area contributed by atoms with Gasteiger partial charge in [0.15, 0.2) is 0 Å². The van der Waals surface area contributed by atoms with Crippen LogP contribution in [-0.2, 0) is 11.3 Å². The van der Waals surface area contributed by atoms with Crippen molar-refractivity contribution in [3.8, 4) is 11.5 Å². The van der Waals surface area contributed by atoms with Gasteiger partial charge in [0.05, 0.1) is 19.4 Å². The van der Waals surface area contributed by atoms with E-state index in [1.165, 1.54) is 0 Å². The molecule has 0 bridgehead atoms. The molecule has 2 aromatic rings. The minimum Gasteiger partial charge on any atom is -0.496 e. The van der Waals surface area contributed by atoms with Gasteiger partial charge in [-0.2, -0.15) is 0 Å². The first-order chi connectivity index (χ1) is 12.2. The summed E-state index contributed by atoms with van der Waals surface area (Å²) >= 11 is 0. The van der Waals surface area contributed by atoms with Crippen LogP contribution in [0.3, 0.4) is 0 Å². The molecule has 0 saturated carbocycles. The molecule has 0 aliphatic rings. The molecule has 0 radical (unpaired) electrons. The Morgan fingerprint density at radius 1 is 0.960 bits per heavy atom. The van der Waals surface area contributed by atoms with E-state index >= 15 is 0 Å². The maximum absolute atomic E-state index is 12.2. The van der Waals surface area contributed by atoms with Gasteiger partial charge in [0.2, 0.25) is 0 Å². The van der Waals surface area contributed by atoms with Gasteiger partial charge in [0.1, 0.15) is 11.5 Å². The number of hydrogen-bond acceptors (Lipinski definition) is 4. The highest BCUT2D eigenvalue weighted by Gasteiger charge is 2.08. The minimum atomic E-state index is -0.307. The molecule has 0 aliphatic heterocycles. The zero-order valence-corrected chi connectivity index (χ0v) is 14.6. The molecule has 0 atom stereocenters. The summed E-state index contributed by atoms with van der Waals surface area (Å²) in [6, 6.07) is 14.6. The number of carbonyl (C=O) groups excluding carboxylic acids is 1. The van der Waals surface area contributed by atoms with Crippen LogP contribution < -0.4 is 20.1 Å². The number of amides is 2. The summed E-state index contributed by atoms with van der Waals surface area (Å²) in [5.74, 6) is 1.37. The average molecular weight is 344 g/mol. The van der Waals surface area contributed by atoms with E-state index in [0.717, 1.165) is 17.7 Å². The number of para-hydroxylation sites is 3. The van der Waals surface area contributed by atoms with Crippen molar-refractivity contribution in [2.24, 2.45) is 0 Å². The van der Waals surface area contributed by atoms with Crippen LogP contribution in [0.2, 0.25) is 0 Å². The van der Waals surface area contributed by atoms with Gasteiger partial charge in [-0.3, -0.25) is 0 Å². The molecule has 2 N–H and O–H groups in total. The fraction of sp³-hybridized carbons (Fsp3) is 0.316. The first-order valence-corrected chi connectivity index (χ1v) is 8.12. The van der Waals surface area contributed by atoms with Crippen LogP contribution in [0.1, 0.15) is 12.0 Å². The number of anilines is 1. The van der Waals surface area contributed by atoms with Crippen LogP contribution in [0.5, 0.6) is 11.5 Å². The highest BCUT2D eigenvalue weighted by molar-refractivity contribution is 5.90. The number of hydrogen-bond donors (Lipinski definition) is 2. The van der Waals surface area contributed by atoms with E-state index in [1.807, 2.05) is 42.5 Å². The van der Waals surface area contributed by atoms with Crippen molar-refractivity contribution in [3.05, 3.63) is 54.1 Å². The Kier molecular flexibility index (Phi) is 7.59. The molecular weight excluding hydrogens is 320 g/mol. The number of carbonyl (C=O) groups is 1. The van der Waals surface area contributed by atoms with Crippen LogP contribution in [0.15, 0.2) is 48.5 Å². The monoisotopic (exact) mass is 344 g/mol. The second-order valence-corrected chi connectivity index (χ2v) is 5.31. The van der Waals surface area contributed by atoms with Crippen molar-refractivity contribution in [3.63, 3.8) is 0 Å². The average Bonchev–Trinajstić information content (AvgIpc) is 2.65. The number of nitrogens with one attached hydrogen (secondary N) is 2. The molecule has 2 aromatic carbocycles. The molecule has 0 spiro atoms. The quantitative estimate of drug-likeness (QED) is 0.684. The fourth-order valence-corrected chi connectivity index (χ4v) is 2.27. The Balaban J connectivity index is 1.89. The van der Waals surface area contributed by atoms with Crippen molar-refractivity contribution >= 4 is 11.7 Å².